The van der Waals surface area contributed by atoms with E-state index in [-0.39, 0.29) is 27.7 Å². The SMILES string of the molecule is CCO[Si]NCOOC1CCCC1CCCCC1OOC12CCCC2Nc1ccc(C)cc1. The number of nitrogens with one attached hydrogen (secondary N) is 2. The van der Waals surface area contributed by atoms with Gasteiger partial charge in [-0.3, -0.25) is 4.98 Å². The third-order valence-corrected chi connectivity index (χ3v) is 8.12. The number of benzene rings is 1. The lowest BCUT2D eigenvalue weighted by molar-refractivity contribution is -0.510. The molecule has 0 amide bonds. The minimum absolute atomic E-state index is 0.160. The molecule has 7 nitrogen and oxygen atoms in total. The average Bonchev–Trinajstić information content (AvgIpc) is 3.45. The number of hydrogen-bond acceptors (Lipinski definition) is 7. The fourth-order valence-electron chi connectivity index (χ4n) is 5.56. The maximum Gasteiger partial charge on any atom is 0.339 e. The van der Waals surface area contributed by atoms with Gasteiger partial charge in [0.05, 0.1) is 12.1 Å². The molecule has 5 unspecified atom stereocenters. The van der Waals surface area contributed by atoms with Crippen molar-refractivity contribution in [3.8, 4) is 0 Å². The quantitative estimate of drug-likeness (QED) is 0.131. The lowest BCUT2D eigenvalue weighted by Crippen LogP contribution is -2.62. The van der Waals surface area contributed by atoms with Crippen LogP contribution in [0.4, 0.5) is 5.69 Å². The second kappa shape index (κ2) is 12.6. The van der Waals surface area contributed by atoms with Gasteiger partial charge in [0.25, 0.3) is 0 Å². The maximum atomic E-state index is 5.81. The largest absolute Gasteiger partial charge is 0.403 e. The Hall–Kier alpha value is -1.00. The number of anilines is 1. The molecule has 2 aliphatic carbocycles. The van der Waals surface area contributed by atoms with Gasteiger partial charge in [-0.1, -0.05) is 37.0 Å². The normalized spacial score (nSPS) is 31.2. The molecule has 0 aromatic heterocycles. The third kappa shape index (κ3) is 6.57. The minimum atomic E-state index is -0.160. The van der Waals surface area contributed by atoms with Crippen LogP contribution in [0.2, 0.25) is 0 Å². The molecule has 0 bridgehead atoms. The molecule has 184 valence electrons. The molecule has 3 aliphatic rings. The van der Waals surface area contributed by atoms with Crippen LogP contribution in [0.25, 0.3) is 0 Å². The first-order valence-electron chi connectivity index (χ1n) is 12.8. The van der Waals surface area contributed by atoms with Gasteiger partial charge in [-0.05, 0) is 76.8 Å². The van der Waals surface area contributed by atoms with E-state index in [1.54, 1.807) is 0 Å². The summed E-state index contributed by atoms with van der Waals surface area (Å²) >= 11 is 0. The van der Waals surface area contributed by atoms with Gasteiger partial charge in [-0.25, -0.2) is 19.6 Å². The minimum Gasteiger partial charge on any atom is -0.403 e. The molecule has 33 heavy (non-hydrogen) atoms. The van der Waals surface area contributed by atoms with Crippen molar-refractivity contribution in [2.75, 3.05) is 18.7 Å². The Morgan fingerprint density at radius 1 is 1.09 bits per heavy atom. The van der Waals surface area contributed by atoms with Crippen LogP contribution in [0.5, 0.6) is 0 Å². The van der Waals surface area contributed by atoms with Crippen molar-refractivity contribution in [3.63, 3.8) is 0 Å². The van der Waals surface area contributed by atoms with Crippen LogP contribution >= 0.6 is 0 Å². The highest BCUT2D eigenvalue weighted by Crippen LogP contribution is 2.47. The van der Waals surface area contributed by atoms with Crippen molar-refractivity contribution >= 4 is 15.6 Å². The van der Waals surface area contributed by atoms with E-state index in [9.17, 15) is 0 Å². The van der Waals surface area contributed by atoms with Crippen molar-refractivity contribution < 1.29 is 24.0 Å². The van der Waals surface area contributed by atoms with E-state index in [0.29, 0.717) is 25.3 Å². The summed E-state index contributed by atoms with van der Waals surface area (Å²) in [6, 6.07) is 8.95. The number of rotatable bonds is 14. The van der Waals surface area contributed by atoms with E-state index >= 15 is 0 Å². The topological polar surface area (TPSA) is 70.2 Å². The molecule has 4 rings (SSSR count). The Balaban J connectivity index is 1.15. The van der Waals surface area contributed by atoms with Gasteiger partial charge in [0.15, 0.2) is 5.60 Å². The highest BCUT2D eigenvalue weighted by molar-refractivity contribution is 6.23. The number of unbranched alkanes of at least 4 members (excludes halogenated alkanes) is 1. The molecule has 1 heterocycles. The summed E-state index contributed by atoms with van der Waals surface area (Å²) < 4.78 is 5.26. The molecule has 1 aromatic rings. The highest BCUT2D eigenvalue weighted by Gasteiger charge is 2.58. The molecule has 3 fully saturated rings. The molecule has 2 N–H and O–H groups in total. The fraction of sp³-hybridized carbons (Fsp3) is 0.760. The Morgan fingerprint density at radius 3 is 2.73 bits per heavy atom. The molecule has 1 spiro atoms. The van der Waals surface area contributed by atoms with E-state index in [1.807, 2.05) is 6.92 Å². The standard InChI is InChI=1S/C25H40N2O5Si/c1-3-29-33-26-18-28-30-22-10-6-9-20(22)8-4-5-12-24-25(32-31-24)17-7-11-23(25)27-21-15-13-19(2)14-16-21/h13-16,20,22-24,26-27H,3-12,17-18H2,1-2H3. The average molecular weight is 477 g/mol. The first-order valence-corrected chi connectivity index (χ1v) is 13.7. The lowest BCUT2D eigenvalue weighted by atomic mass is 9.85. The number of aryl methyl sites for hydroxylation is 1. The van der Waals surface area contributed by atoms with Gasteiger partial charge in [-0.2, -0.15) is 0 Å². The van der Waals surface area contributed by atoms with Crippen molar-refractivity contribution in [1.82, 2.24) is 4.98 Å². The summed E-state index contributed by atoms with van der Waals surface area (Å²) in [7, 11) is 0.256. The smallest absolute Gasteiger partial charge is 0.339 e. The van der Waals surface area contributed by atoms with Crippen molar-refractivity contribution in [2.24, 2.45) is 5.92 Å². The maximum absolute atomic E-state index is 5.81. The van der Waals surface area contributed by atoms with E-state index in [1.165, 1.54) is 43.4 Å². The Kier molecular flexibility index (Phi) is 9.61. The molecule has 2 radical (unpaired) electrons. The molecule has 1 aromatic carbocycles. The summed E-state index contributed by atoms with van der Waals surface area (Å²) in [6.45, 7) is 5.18. The Morgan fingerprint density at radius 2 is 1.94 bits per heavy atom. The molecule has 2 saturated carbocycles. The van der Waals surface area contributed by atoms with Crippen molar-refractivity contribution in [3.05, 3.63) is 29.8 Å². The zero-order valence-electron chi connectivity index (χ0n) is 20.1. The van der Waals surface area contributed by atoms with E-state index in [0.717, 1.165) is 32.1 Å². The zero-order chi connectivity index (χ0) is 22.9. The monoisotopic (exact) mass is 476 g/mol. The zero-order valence-corrected chi connectivity index (χ0v) is 21.1. The second-order valence-corrected chi connectivity index (χ2v) is 10.5. The predicted molar refractivity (Wildman–Crippen MR) is 128 cm³/mol. The fourth-order valence-corrected chi connectivity index (χ4v) is 5.93. The summed E-state index contributed by atoms with van der Waals surface area (Å²) in [4.78, 5) is 25.6. The molecule has 1 saturated heterocycles. The van der Waals surface area contributed by atoms with E-state index in [4.69, 9.17) is 24.0 Å². The highest BCUT2D eigenvalue weighted by atomic mass is 28.2. The van der Waals surface area contributed by atoms with E-state index < -0.39 is 0 Å². The number of hydrogen-bond donors (Lipinski definition) is 2. The molecular weight excluding hydrogens is 436 g/mol. The van der Waals surface area contributed by atoms with Crippen molar-refractivity contribution in [1.29, 1.82) is 0 Å². The van der Waals surface area contributed by atoms with Crippen LogP contribution in [0.3, 0.4) is 0 Å². The van der Waals surface area contributed by atoms with Gasteiger partial charge >= 0.3 is 9.92 Å². The summed E-state index contributed by atoms with van der Waals surface area (Å²) in [5.74, 6) is 0.592. The van der Waals surface area contributed by atoms with E-state index in [2.05, 4.69) is 41.5 Å². The van der Waals surface area contributed by atoms with Crippen LogP contribution < -0.4 is 10.3 Å². The molecule has 1 aliphatic heterocycles. The lowest BCUT2D eigenvalue weighted by Gasteiger charge is -2.48. The Labute approximate surface area is 201 Å². The van der Waals surface area contributed by atoms with Gasteiger partial charge in [-0.15, -0.1) is 0 Å². The van der Waals surface area contributed by atoms with Crippen LogP contribution in [-0.4, -0.2) is 47.1 Å². The van der Waals surface area contributed by atoms with Gasteiger partial charge < -0.3 is 9.74 Å². The summed E-state index contributed by atoms with van der Waals surface area (Å²) in [5, 5.41) is 3.72. The predicted octanol–water partition coefficient (Wildman–Crippen LogP) is 4.82. The van der Waals surface area contributed by atoms with Crippen LogP contribution in [0.15, 0.2) is 24.3 Å². The van der Waals surface area contributed by atoms with Gasteiger partial charge in [0.1, 0.15) is 12.8 Å². The molecular formula is C25H40N2O5Si. The first-order chi connectivity index (χ1) is 16.2. The van der Waals surface area contributed by atoms with Gasteiger partial charge in [0, 0.05) is 12.3 Å². The summed E-state index contributed by atoms with van der Waals surface area (Å²) in [5.41, 5.74) is 2.29. The Bertz CT molecular complexity index is 709. The van der Waals surface area contributed by atoms with Crippen LogP contribution in [0.1, 0.15) is 76.7 Å². The van der Waals surface area contributed by atoms with Gasteiger partial charge in [0.2, 0.25) is 0 Å². The third-order valence-electron chi connectivity index (χ3n) is 7.40. The molecule has 5 atom stereocenters. The second-order valence-electron chi connectivity index (χ2n) is 9.66. The van der Waals surface area contributed by atoms with Crippen LogP contribution in [0, 0.1) is 12.8 Å². The van der Waals surface area contributed by atoms with Crippen molar-refractivity contribution in [2.45, 2.75) is 102 Å². The summed E-state index contributed by atoms with van der Waals surface area (Å²) in [6.07, 6.45) is 12.0. The first kappa shape index (κ1) is 25.1. The van der Waals surface area contributed by atoms with Crippen LogP contribution in [-0.2, 0) is 24.0 Å². The molecule has 8 heteroatoms.